The molecule has 0 spiro atoms. The summed E-state index contributed by atoms with van der Waals surface area (Å²) < 4.78 is 14.7. The fourth-order valence-electron chi connectivity index (χ4n) is 2.87. The van der Waals surface area contributed by atoms with Crippen molar-refractivity contribution in [1.29, 1.82) is 0 Å². The quantitative estimate of drug-likeness (QED) is 0.303. The standard InChI is InChI=1S/C22H21FN2O2S2/c1-4-25-21(27)14(2)19(24-22(25)28-3)13-29-18-11-7-16(8-12-18)20(26)15-5-9-17(23)10-6-15/h5-12H,4,13H2,1-3H3. The zero-order chi connectivity index (χ0) is 21.0. The molecule has 0 unspecified atom stereocenters. The van der Waals surface area contributed by atoms with Gasteiger partial charge in [0.1, 0.15) is 5.82 Å². The molecule has 1 heterocycles. The summed E-state index contributed by atoms with van der Waals surface area (Å²) in [6, 6.07) is 12.8. The highest BCUT2D eigenvalue weighted by atomic mass is 32.2. The predicted molar refractivity (Wildman–Crippen MR) is 117 cm³/mol. The number of carbonyl (C=O) groups excluding carboxylic acids is 1. The van der Waals surface area contributed by atoms with E-state index in [1.54, 1.807) is 28.5 Å². The SMILES string of the molecule is CCn1c(SC)nc(CSc2ccc(C(=O)c3ccc(F)cc3)cc2)c(C)c1=O. The Morgan fingerprint density at radius 1 is 1.07 bits per heavy atom. The molecule has 7 heteroatoms. The van der Waals surface area contributed by atoms with Gasteiger partial charge in [0, 0.05) is 33.9 Å². The smallest absolute Gasteiger partial charge is 0.257 e. The van der Waals surface area contributed by atoms with Gasteiger partial charge in [-0.25, -0.2) is 9.37 Å². The lowest BCUT2D eigenvalue weighted by Gasteiger charge is -2.12. The number of rotatable bonds is 7. The topological polar surface area (TPSA) is 52.0 Å². The molecule has 3 rings (SSSR count). The molecule has 1 aromatic heterocycles. The number of halogens is 1. The van der Waals surface area contributed by atoms with Crippen LogP contribution in [-0.2, 0) is 12.3 Å². The van der Waals surface area contributed by atoms with Gasteiger partial charge in [0.15, 0.2) is 10.9 Å². The number of benzene rings is 2. The molecule has 0 aliphatic carbocycles. The summed E-state index contributed by atoms with van der Waals surface area (Å²) in [7, 11) is 0. The Labute approximate surface area is 177 Å². The fraction of sp³-hybridized carbons (Fsp3) is 0.227. The van der Waals surface area contributed by atoms with Crippen molar-refractivity contribution >= 4 is 29.3 Å². The summed E-state index contributed by atoms with van der Waals surface area (Å²) in [5.74, 6) is 0.0602. The van der Waals surface area contributed by atoms with Gasteiger partial charge in [-0.3, -0.25) is 14.2 Å². The van der Waals surface area contributed by atoms with Crippen LogP contribution >= 0.6 is 23.5 Å². The van der Waals surface area contributed by atoms with Gasteiger partial charge in [-0.1, -0.05) is 11.8 Å². The number of ketones is 1. The van der Waals surface area contributed by atoms with E-state index in [1.807, 2.05) is 32.2 Å². The van der Waals surface area contributed by atoms with Crippen molar-refractivity contribution in [2.75, 3.05) is 6.26 Å². The Morgan fingerprint density at radius 3 is 2.21 bits per heavy atom. The first-order valence-electron chi connectivity index (χ1n) is 9.12. The summed E-state index contributed by atoms with van der Waals surface area (Å²) >= 11 is 3.03. The Kier molecular flexibility index (Phi) is 6.92. The minimum absolute atomic E-state index is 0.00249. The van der Waals surface area contributed by atoms with Gasteiger partial charge in [-0.05, 0) is 68.6 Å². The van der Waals surface area contributed by atoms with Crippen molar-refractivity contribution in [2.45, 2.75) is 36.2 Å². The van der Waals surface area contributed by atoms with Crippen LogP contribution in [0.5, 0.6) is 0 Å². The van der Waals surface area contributed by atoms with E-state index >= 15 is 0 Å². The lowest BCUT2D eigenvalue weighted by Crippen LogP contribution is -2.26. The molecular formula is C22H21FN2O2S2. The van der Waals surface area contributed by atoms with Crippen LogP contribution in [0.2, 0.25) is 0 Å². The molecule has 4 nitrogen and oxygen atoms in total. The molecule has 0 aliphatic heterocycles. The van der Waals surface area contributed by atoms with Gasteiger partial charge < -0.3 is 0 Å². The zero-order valence-electron chi connectivity index (χ0n) is 16.4. The number of aromatic nitrogens is 2. The zero-order valence-corrected chi connectivity index (χ0v) is 18.1. The molecule has 3 aromatic rings. The van der Waals surface area contributed by atoms with Crippen LogP contribution in [0.25, 0.3) is 0 Å². The van der Waals surface area contributed by atoms with E-state index in [2.05, 4.69) is 4.98 Å². The molecule has 0 atom stereocenters. The Balaban J connectivity index is 1.74. The van der Waals surface area contributed by atoms with Crippen molar-refractivity contribution in [1.82, 2.24) is 9.55 Å². The average molecular weight is 429 g/mol. The first-order valence-corrected chi connectivity index (χ1v) is 11.3. The molecular weight excluding hydrogens is 407 g/mol. The summed E-state index contributed by atoms with van der Waals surface area (Å²) in [4.78, 5) is 30.6. The largest absolute Gasteiger partial charge is 0.289 e. The number of carbonyl (C=O) groups is 1. The maximum absolute atomic E-state index is 13.0. The van der Waals surface area contributed by atoms with E-state index < -0.39 is 0 Å². The summed E-state index contributed by atoms with van der Waals surface area (Å²) in [5, 5.41) is 0.721. The Hall–Kier alpha value is -2.38. The lowest BCUT2D eigenvalue weighted by atomic mass is 10.0. The molecule has 0 fully saturated rings. The minimum atomic E-state index is -0.367. The van der Waals surface area contributed by atoms with Gasteiger partial charge in [-0.15, -0.1) is 11.8 Å². The molecule has 0 saturated carbocycles. The van der Waals surface area contributed by atoms with E-state index in [1.165, 1.54) is 36.0 Å². The van der Waals surface area contributed by atoms with Crippen LogP contribution in [0, 0.1) is 12.7 Å². The van der Waals surface area contributed by atoms with Gasteiger partial charge in [-0.2, -0.15) is 0 Å². The van der Waals surface area contributed by atoms with Gasteiger partial charge >= 0.3 is 0 Å². The maximum Gasteiger partial charge on any atom is 0.257 e. The van der Waals surface area contributed by atoms with Gasteiger partial charge in [0.25, 0.3) is 5.56 Å². The van der Waals surface area contributed by atoms with Crippen LogP contribution in [-0.4, -0.2) is 21.6 Å². The van der Waals surface area contributed by atoms with E-state index in [0.29, 0.717) is 29.0 Å². The molecule has 0 amide bonds. The third kappa shape index (κ3) is 4.79. The van der Waals surface area contributed by atoms with Crippen LogP contribution in [0.4, 0.5) is 4.39 Å². The molecule has 0 bridgehead atoms. The van der Waals surface area contributed by atoms with Gasteiger partial charge in [0.05, 0.1) is 5.69 Å². The van der Waals surface area contributed by atoms with E-state index in [4.69, 9.17) is 0 Å². The Morgan fingerprint density at radius 2 is 1.66 bits per heavy atom. The highest BCUT2D eigenvalue weighted by molar-refractivity contribution is 7.98. The third-order valence-electron chi connectivity index (χ3n) is 4.56. The summed E-state index contributed by atoms with van der Waals surface area (Å²) in [6.07, 6.45) is 1.91. The molecule has 29 heavy (non-hydrogen) atoms. The van der Waals surface area contributed by atoms with Crippen molar-refractivity contribution in [2.24, 2.45) is 0 Å². The highest BCUT2D eigenvalue weighted by Crippen LogP contribution is 2.25. The fourth-order valence-corrected chi connectivity index (χ4v) is 4.42. The van der Waals surface area contributed by atoms with Crippen molar-refractivity contribution in [3.8, 4) is 0 Å². The second-order valence-corrected chi connectivity index (χ2v) is 8.19. The molecule has 0 radical (unpaired) electrons. The number of hydrogen-bond donors (Lipinski definition) is 0. The molecule has 2 aromatic carbocycles. The highest BCUT2D eigenvalue weighted by Gasteiger charge is 2.13. The van der Waals surface area contributed by atoms with Crippen molar-refractivity contribution in [3.05, 3.63) is 87.1 Å². The first kappa shape index (κ1) is 21.3. The summed E-state index contributed by atoms with van der Waals surface area (Å²) in [5.41, 5.74) is 2.45. The molecule has 0 saturated heterocycles. The number of hydrogen-bond acceptors (Lipinski definition) is 5. The van der Waals surface area contributed by atoms with Crippen LogP contribution in [0.3, 0.4) is 0 Å². The molecule has 0 N–H and O–H groups in total. The van der Waals surface area contributed by atoms with E-state index in [0.717, 1.165) is 15.7 Å². The number of nitrogens with zero attached hydrogens (tertiary/aromatic N) is 2. The normalized spacial score (nSPS) is 10.9. The summed E-state index contributed by atoms with van der Waals surface area (Å²) in [6.45, 7) is 4.34. The van der Waals surface area contributed by atoms with Crippen molar-refractivity contribution < 1.29 is 9.18 Å². The van der Waals surface area contributed by atoms with Crippen LogP contribution in [0.1, 0.15) is 34.1 Å². The lowest BCUT2D eigenvalue weighted by molar-refractivity contribution is 0.103. The second-order valence-electron chi connectivity index (χ2n) is 6.37. The van der Waals surface area contributed by atoms with E-state index in [9.17, 15) is 14.0 Å². The third-order valence-corrected chi connectivity index (χ3v) is 6.26. The monoisotopic (exact) mass is 428 g/mol. The van der Waals surface area contributed by atoms with Crippen LogP contribution in [0.15, 0.2) is 63.4 Å². The van der Waals surface area contributed by atoms with Crippen molar-refractivity contribution in [3.63, 3.8) is 0 Å². The average Bonchev–Trinajstić information content (AvgIpc) is 2.75. The minimum Gasteiger partial charge on any atom is -0.289 e. The van der Waals surface area contributed by atoms with Crippen LogP contribution < -0.4 is 5.56 Å². The van der Waals surface area contributed by atoms with Gasteiger partial charge in [0.2, 0.25) is 0 Å². The Bertz CT molecular complexity index is 1080. The maximum atomic E-state index is 13.0. The number of thioether (sulfide) groups is 2. The molecule has 150 valence electrons. The second kappa shape index (κ2) is 9.41. The first-order chi connectivity index (χ1) is 13.9. The van der Waals surface area contributed by atoms with E-state index in [-0.39, 0.29) is 17.2 Å². The predicted octanol–water partition coefficient (Wildman–Crippen LogP) is 4.96. The molecule has 0 aliphatic rings.